The van der Waals surface area contributed by atoms with Gasteiger partial charge in [0.1, 0.15) is 0 Å². The molecular formula is C11H7F3N2O. The third-order valence-corrected chi connectivity index (χ3v) is 2.19. The van der Waals surface area contributed by atoms with Crippen LogP contribution in [0.5, 0.6) is 0 Å². The first-order valence-corrected chi connectivity index (χ1v) is 4.70. The molecule has 0 aliphatic carbocycles. The molecule has 1 heterocycles. The van der Waals surface area contributed by atoms with Gasteiger partial charge in [-0.25, -0.2) is 4.98 Å². The minimum Gasteiger partial charge on any atom is -0.342 e. The molecule has 1 aromatic heterocycles. The number of hydrogen-bond donors (Lipinski definition) is 1. The van der Waals surface area contributed by atoms with E-state index in [1.807, 2.05) is 0 Å². The first-order valence-electron chi connectivity index (χ1n) is 4.70. The van der Waals surface area contributed by atoms with Gasteiger partial charge in [0.25, 0.3) is 0 Å². The summed E-state index contributed by atoms with van der Waals surface area (Å²) in [5.41, 5.74) is -0.624. The van der Waals surface area contributed by atoms with Gasteiger partial charge < -0.3 is 4.98 Å². The quantitative estimate of drug-likeness (QED) is 0.820. The van der Waals surface area contributed by atoms with Crippen molar-refractivity contribution in [2.75, 3.05) is 0 Å². The summed E-state index contributed by atoms with van der Waals surface area (Å²) in [5.74, 6) is -0.339. The van der Waals surface area contributed by atoms with Crippen LogP contribution in [0.15, 0.2) is 36.7 Å². The maximum absolute atomic E-state index is 12.3. The Morgan fingerprint density at radius 1 is 1.18 bits per heavy atom. The summed E-state index contributed by atoms with van der Waals surface area (Å²) in [6.07, 6.45) is -1.53. The highest BCUT2D eigenvalue weighted by atomic mass is 19.4. The van der Waals surface area contributed by atoms with Gasteiger partial charge in [0.05, 0.1) is 5.56 Å². The number of hydrogen-bond acceptors (Lipinski definition) is 2. The second-order valence-electron chi connectivity index (χ2n) is 3.34. The van der Waals surface area contributed by atoms with E-state index in [9.17, 15) is 18.0 Å². The number of nitrogens with zero attached hydrogens (tertiary/aromatic N) is 1. The van der Waals surface area contributed by atoms with Crippen molar-refractivity contribution in [1.82, 2.24) is 9.97 Å². The van der Waals surface area contributed by atoms with Crippen molar-refractivity contribution in [3.05, 3.63) is 53.6 Å². The summed E-state index contributed by atoms with van der Waals surface area (Å²) in [5, 5.41) is 0. The van der Waals surface area contributed by atoms with E-state index in [4.69, 9.17) is 0 Å². The van der Waals surface area contributed by atoms with Crippen LogP contribution in [0.1, 0.15) is 21.7 Å². The first-order chi connectivity index (χ1) is 7.98. The normalized spacial score (nSPS) is 11.5. The average molecular weight is 240 g/mol. The maximum atomic E-state index is 12.3. The van der Waals surface area contributed by atoms with Crippen molar-refractivity contribution in [3.63, 3.8) is 0 Å². The maximum Gasteiger partial charge on any atom is 0.416 e. The molecule has 0 fully saturated rings. The number of aromatic amines is 1. The van der Waals surface area contributed by atoms with Gasteiger partial charge >= 0.3 is 6.18 Å². The van der Waals surface area contributed by atoms with Crippen LogP contribution < -0.4 is 0 Å². The zero-order chi connectivity index (χ0) is 12.5. The minimum absolute atomic E-state index is 0.102. The van der Waals surface area contributed by atoms with E-state index in [0.29, 0.717) is 0 Å². The molecule has 2 rings (SSSR count). The molecule has 2 aromatic rings. The molecule has 6 heteroatoms. The number of carbonyl (C=O) groups excluding carboxylic acids is 1. The number of benzene rings is 1. The van der Waals surface area contributed by atoms with E-state index in [1.165, 1.54) is 12.4 Å². The molecule has 0 atom stereocenters. The second-order valence-corrected chi connectivity index (χ2v) is 3.34. The molecule has 0 aliphatic heterocycles. The van der Waals surface area contributed by atoms with Crippen molar-refractivity contribution in [2.24, 2.45) is 0 Å². The van der Waals surface area contributed by atoms with Gasteiger partial charge in [0, 0.05) is 18.0 Å². The van der Waals surface area contributed by atoms with Crippen LogP contribution in [0, 0.1) is 0 Å². The predicted octanol–water partition coefficient (Wildman–Crippen LogP) is 2.66. The zero-order valence-corrected chi connectivity index (χ0v) is 8.45. The van der Waals surface area contributed by atoms with E-state index in [2.05, 4.69) is 9.97 Å². The molecule has 0 unspecified atom stereocenters. The highest BCUT2D eigenvalue weighted by Gasteiger charge is 2.30. The zero-order valence-electron chi connectivity index (χ0n) is 8.45. The Labute approximate surface area is 94.3 Å². The Morgan fingerprint density at radius 3 is 2.29 bits per heavy atom. The molecule has 0 bridgehead atoms. The molecule has 3 nitrogen and oxygen atoms in total. The Kier molecular flexibility index (Phi) is 2.71. The fourth-order valence-corrected chi connectivity index (χ4v) is 1.34. The summed E-state index contributed by atoms with van der Waals surface area (Å²) >= 11 is 0. The summed E-state index contributed by atoms with van der Waals surface area (Å²) in [6.45, 7) is 0. The van der Waals surface area contributed by atoms with E-state index >= 15 is 0 Å². The van der Waals surface area contributed by atoms with Crippen molar-refractivity contribution in [1.29, 1.82) is 0 Å². The smallest absolute Gasteiger partial charge is 0.342 e. The molecule has 0 radical (unpaired) electrons. The number of carbonyl (C=O) groups is 1. The van der Waals surface area contributed by atoms with Gasteiger partial charge in [0.15, 0.2) is 5.82 Å². The number of alkyl halides is 3. The van der Waals surface area contributed by atoms with Gasteiger partial charge in [-0.3, -0.25) is 4.79 Å². The molecule has 1 N–H and O–H groups in total. The Hall–Kier alpha value is -2.11. The highest BCUT2D eigenvalue weighted by Crippen LogP contribution is 2.29. The van der Waals surface area contributed by atoms with Crippen LogP contribution in [-0.4, -0.2) is 15.8 Å². The van der Waals surface area contributed by atoms with Crippen molar-refractivity contribution in [2.45, 2.75) is 6.18 Å². The van der Waals surface area contributed by atoms with E-state index in [1.54, 1.807) is 0 Å². The lowest BCUT2D eigenvalue weighted by molar-refractivity contribution is -0.137. The van der Waals surface area contributed by atoms with Gasteiger partial charge in [-0.15, -0.1) is 0 Å². The standard InChI is InChI=1S/C11H7F3N2O/c12-11(13,14)8-3-1-7(2-4-8)9(17)10-15-5-6-16-10/h1-6H,(H,15,16). The fraction of sp³-hybridized carbons (Fsp3) is 0.0909. The number of H-pyrrole nitrogens is 1. The molecule has 0 saturated heterocycles. The molecule has 0 spiro atoms. The summed E-state index contributed by atoms with van der Waals surface area (Å²) in [6, 6.07) is 4.01. The predicted molar refractivity (Wildman–Crippen MR) is 53.5 cm³/mol. The topological polar surface area (TPSA) is 45.8 Å². The lowest BCUT2D eigenvalue weighted by Gasteiger charge is -2.06. The summed E-state index contributed by atoms with van der Waals surface area (Å²) in [7, 11) is 0. The lowest BCUT2D eigenvalue weighted by atomic mass is 10.1. The van der Waals surface area contributed by atoms with Crippen LogP contribution in [-0.2, 0) is 6.18 Å². The number of imidazole rings is 1. The Balaban J connectivity index is 2.28. The minimum atomic E-state index is -4.40. The van der Waals surface area contributed by atoms with Crippen molar-refractivity contribution in [3.8, 4) is 0 Å². The summed E-state index contributed by atoms with van der Waals surface area (Å²) in [4.78, 5) is 18.0. The highest BCUT2D eigenvalue weighted by molar-refractivity contribution is 6.06. The van der Waals surface area contributed by atoms with Gasteiger partial charge in [-0.05, 0) is 12.1 Å². The molecular weight excluding hydrogens is 233 g/mol. The number of ketones is 1. The average Bonchev–Trinajstić information content (AvgIpc) is 2.80. The Morgan fingerprint density at radius 2 is 1.82 bits per heavy atom. The van der Waals surface area contributed by atoms with Crippen LogP contribution in [0.4, 0.5) is 13.2 Å². The number of aromatic nitrogens is 2. The van der Waals surface area contributed by atoms with Crippen LogP contribution in [0.25, 0.3) is 0 Å². The molecule has 1 aromatic carbocycles. The molecule has 17 heavy (non-hydrogen) atoms. The molecule has 0 saturated carbocycles. The van der Waals surface area contributed by atoms with Gasteiger partial charge in [-0.1, -0.05) is 12.1 Å². The molecule has 0 aliphatic rings. The molecule has 88 valence electrons. The van der Waals surface area contributed by atoms with E-state index in [-0.39, 0.29) is 11.4 Å². The largest absolute Gasteiger partial charge is 0.416 e. The van der Waals surface area contributed by atoms with E-state index in [0.717, 1.165) is 24.3 Å². The van der Waals surface area contributed by atoms with Crippen LogP contribution >= 0.6 is 0 Å². The Bertz CT molecular complexity index is 515. The monoisotopic (exact) mass is 240 g/mol. The summed E-state index contributed by atoms with van der Waals surface area (Å²) < 4.78 is 36.9. The van der Waals surface area contributed by atoms with E-state index < -0.39 is 17.5 Å². The number of halogens is 3. The SMILES string of the molecule is O=C(c1ccc(C(F)(F)F)cc1)c1ncc[nH]1. The fourth-order valence-electron chi connectivity index (χ4n) is 1.34. The van der Waals surface area contributed by atoms with Gasteiger partial charge in [-0.2, -0.15) is 13.2 Å². The molecule has 0 amide bonds. The van der Waals surface area contributed by atoms with Gasteiger partial charge in [0.2, 0.25) is 5.78 Å². The van der Waals surface area contributed by atoms with Crippen LogP contribution in [0.3, 0.4) is 0 Å². The van der Waals surface area contributed by atoms with Crippen molar-refractivity contribution >= 4 is 5.78 Å². The number of rotatable bonds is 2. The lowest BCUT2D eigenvalue weighted by Crippen LogP contribution is -2.07. The second kappa shape index (κ2) is 4.04. The third-order valence-electron chi connectivity index (χ3n) is 2.19. The van der Waals surface area contributed by atoms with Crippen molar-refractivity contribution < 1.29 is 18.0 Å². The first kappa shape index (κ1) is 11.4. The van der Waals surface area contributed by atoms with Crippen LogP contribution in [0.2, 0.25) is 0 Å². The number of nitrogens with one attached hydrogen (secondary N) is 1. The third kappa shape index (κ3) is 2.35.